The molecule has 1 aromatic heterocycles. The first-order valence-corrected chi connectivity index (χ1v) is 9.08. The Morgan fingerprint density at radius 2 is 1.76 bits per heavy atom. The summed E-state index contributed by atoms with van der Waals surface area (Å²) in [6.07, 6.45) is 0. The van der Waals surface area contributed by atoms with Gasteiger partial charge in [0.2, 0.25) is 0 Å². The Labute approximate surface area is 153 Å². The van der Waals surface area contributed by atoms with Crippen LogP contribution in [0.4, 0.5) is 0 Å². The van der Waals surface area contributed by atoms with Crippen LogP contribution in [0.5, 0.6) is 5.75 Å². The predicted molar refractivity (Wildman–Crippen MR) is 102 cm³/mol. The monoisotopic (exact) mass is 362 g/mol. The van der Waals surface area contributed by atoms with E-state index in [-0.39, 0.29) is 18.4 Å². The third-order valence-electron chi connectivity index (χ3n) is 4.19. The van der Waals surface area contributed by atoms with Gasteiger partial charge in [0, 0.05) is 10.1 Å². The number of carbonyl (C=O) groups is 2. The summed E-state index contributed by atoms with van der Waals surface area (Å²) in [7, 11) is 1.62. The number of fused-ring (bicyclic) bond motifs is 1. The van der Waals surface area contributed by atoms with Crippen LogP contribution in [-0.4, -0.2) is 25.5 Å². The van der Waals surface area contributed by atoms with Gasteiger partial charge in [-0.25, -0.2) is 4.79 Å². The quantitative estimate of drug-likeness (QED) is 0.701. The van der Waals surface area contributed by atoms with Crippen LogP contribution in [0, 0.1) is 17.8 Å². The van der Waals surface area contributed by atoms with Crippen LogP contribution in [0.25, 0.3) is 10.1 Å². The number of thiophene rings is 1. The molecule has 0 amide bonds. The van der Waals surface area contributed by atoms with E-state index in [0.717, 1.165) is 21.4 Å². The van der Waals surface area contributed by atoms with Crippen molar-refractivity contribution in [2.45, 2.75) is 41.5 Å². The fraction of sp³-hybridized carbons (Fsp3) is 0.500. The third kappa shape index (κ3) is 4.03. The zero-order valence-electron chi connectivity index (χ0n) is 16.0. The normalized spacial score (nSPS) is 12.3. The lowest BCUT2D eigenvalue weighted by Gasteiger charge is -2.30. The lowest BCUT2D eigenvalue weighted by Crippen LogP contribution is -2.38. The van der Waals surface area contributed by atoms with Crippen molar-refractivity contribution in [3.8, 4) is 5.75 Å². The second kappa shape index (κ2) is 6.79. The minimum absolute atomic E-state index is 0.0684. The number of methoxy groups -OCH3 is 1. The van der Waals surface area contributed by atoms with E-state index in [0.29, 0.717) is 4.88 Å². The predicted octanol–water partition coefficient (Wildman–Crippen LogP) is 5.02. The van der Waals surface area contributed by atoms with E-state index in [1.807, 2.05) is 59.7 Å². The Morgan fingerprint density at radius 1 is 1.12 bits per heavy atom. The fourth-order valence-corrected chi connectivity index (χ4v) is 4.00. The van der Waals surface area contributed by atoms with E-state index in [9.17, 15) is 9.59 Å². The summed E-state index contributed by atoms with van der Waals surface area (Å²) in [6, 6.07) is 5.74. The average Bonchev–Trinajstić information content (AvgIpc) is 2.87. The Bertz CT molecular complexity index is 809. The molecule has 0 saturated heterocycles. The first-order valence-electron chi connectivity index (χ1n) is 8.26. The molecule has 1 heterocycles. The highest BCUT2D eigenvalue weighted by molar-refractivity contribution is 7.21. The van der Waals surface area contributed by atoms with Gasteiger partial charge < -0.3 is 9.47 Å². The van der Waals surface area contributed by atoms with Crippen molar-refractivity contribution in [1.29, 1.82) is 0 Å². The van der Waals surface area contributed by atoms with E-state index in [1.165, 1.54) is 11.3 Å². The van der Waals surface area contributed by atoms with Crippen molar-refractivity contribution in [2.75, 3.05) is 13.7 Å². The zero-order valence-corrected chi connectivity index (χ0v) is 16.8. The first-order chi connectivity index (χ1) is 11.5. The number of ether oxygens (including phenoxy) is 2. The summed E-state index contributed by atoms with van der Waals surface area (Å²) in [6.45, 7) is 11.2. The number of benzene rings is 1. The molecule has 5 heteroatoms. The number of carbonyl (C=O) groups excluding carboxylic acids is 2. The molecule has 0 atom stereocenters. The highest BCUT2D eigenvalue weighted by atomic mass is 32.1. The van der Waals surface area contributed by atoms with Gasteiger partial charge in [-0.05, 0) is 49.9 Å². The van der Waals surface area contributed by atoms with Gasteiger partial charge in [0.25, 0.3) is 0 Å². The molecule has 0 aliphatic carbocycles. The van der Waals surface area contributed by atoms with Crippen molar-refractivity contribution in [1.82, 2.24) is 0 Å². The van der Waals surface area contributed by atoms with Gasteiger partial charge in [0.05, 0.1) is 12.5 Å². The second-order valence-corrected chi connectivity index (χ2v) is 9.01. The van der Waals surface area contributed by atoms with Gasteiger partial charge in [-0.15, -0.1) is 11.3 Å². The van der Waals surface area contributed by atoms with Gasteiger partial charge >= 0.3 is 5.97 Å². The highest BCUT2D eigenvalue weighted by Crippen LogP contribution is 2.34. The summed E-state index contributed by atoms with van der Waals surface area (Å²) >= 11 is 1.40. The maximum Gasteiger partial charge on any atom is 0.348 e. The lowest BCUT2D eigenvalue weighted by molar-refractivity contribution is -0.137. The SMILES string of the molecule is COc1ccc2sc(C(=O)OCC(C)(C)C(=O)C(C)(C)C)c(C)c2c1. The van der Waals surface area contributed by atoms with Gasteiger partial charge in [0.15, 0.2) is 0 Å². The number of rotatable bonds is 5. The minimum atomic E-state index is -0.721. The molecule has 2 aromatic rings. The van der Waals surface area contributed by atoms with Gasteiger partial charge in [-0.1, -0.05) is 20.8 Å². The number of esters is 1. The molecule has 0 N–H and O–H groups in total. The standard InChI is InChI=1S/C20H26O4S/c1-12-14-10-13(23-7)8-9-15(14)25-16(12)17(21)24-11-20(5,6)18(22)19(2,3)4/h8-10H,11H2,1-7H3. The number of ketones is 1. The van der Waals surface area contributed by atoms with Gasteiger partial charge in [-0.3, -0.25) is 4.79 Å². The van der Waals surface area contributed by atoms with Crippen LogP contribution < -0.4 is 4.74 Å². The molecule has 0 radical (unpaired) electrons. The van der Waals surface area contributed by atoms with Crippen LogP contribution in [0.15, 0.2) is 18.2 Å². The maximum absolute atomic E-state index is 12.6. The fourth-order valence-electron chi connectivity index (χ4n) is 2.91. The van der Waals surface area contributed by atoms with Crippen molar-refractivity contribution < 1.29 is 19.1 Å². The second-order valence-electron chi connectivity index (χ2n) is 7.96. The van der Waals surface area contributed by atoms with Crippen LogP contribution in [-0.2, 0) is 9.53 Å². The van der Waals surface area contributed by atoms with E-state index in [1.54, 1.807) is 7.11 Å². The summed E-state index contributed by atoms with van der Waals surface area (Å²) in [4.78, 5) is 25.6. The van der Waals surface area contributed by atoms with Crippen LogP contribution in [0.1, 0.15) is 49.9 Å². The minimum Gasteiger partial charge on any atom is -0.497 e. The first kappa shape index (κ1) is 19.4. The lowest BCUT2D eigenvalue weighted by atomic mass is 9.75. The smallest absolute Gasteiger partial charge is 0.348 e. The molecule has 2 rings (SSSR count). The zero-order chi connectivity index (χ0) is 19.0. The molecule has 0 unspecified atom stereocenters. The van der Waals surface area contributed by atoms with Crippen molar-refractivity contribution in [2.24, 2.45) is 10.8 Å². The molecule has 25 heavy (non-hydrogen) atoms. The van der Waals surface area contributed by atoms with E-state index in [2.05, 4.69) is 0 Å². The van der Waals surface area contributed by atoms with Crippen molar-refractivity contribution >= 4 is 33.2 Å². The molecule has 0 bridgehead atoms. The topological polar surface area (TPSA) is 52.6 Å². The van der Waals surface area contributed by atoms with Crippen LogP contribution in [0.3, 0.4) is 0 Å². The number of aryl methyl sites for hydroxylation is 1. The molecule has 4 nitrogen and oxygen atoms in total. The third-order valence-corrected chi connectivity index (χ3v) is 5.44. The Kier molecular flexibility index (Phi) is 5.28. The summed E-state index contributed by atoms with van der Waals surface area (Å²) in [5.41, 5.74) is -0.314. The molecule has 0 fully saturated rings. The Morgan fingerprint density at radius 3 is 2.32 bits per heavy atom. The molecule has 1 aromatic carbocycles. The summed E-state index contributed by atoms with van der Waals surface area (Å²) in [5, 5.41) is 0.987. The van der Waals surface area contributed by atoms with Crippen LogP contribution >= 0.6 is 11.3 Å². The molecule has 0 spiro atoms. The Balaban J connectivity index is 2.20. The number of Topliss-reactive ketones (excluding diaryl/α,β-unsaturated/α-hetero) is 1. The van der Waals surface area contributed by atoms with Crippen molar-refractivity contribution in [3.05, 3.63) is 28.6 Å². The van der Waals surface area contributed by atoms with Gasteiger partial charge in [0.1, 0.15) is 23.0 Å². The van der Waals surface area contributed by atoms with E-state index >= 15 is 0 Å². The van der Waals surface area contributed by atoms with Gasteiger partial charge in [-0.2, -0.15) is 0 Å². The molecular weight excluding hydrogens is 336 g/mol. The highest BCUT2D eigenvalue weighted by Gasteiger charge is 2.37. The summed E-state index contributed by atoms with van der Waals surface area (Å²) in [5.74, 6) is 0.447. The molecule has 136 valence electrons. The van der Waals surface area contributed by atoms with Crippen molar-refractivity contribution in [3.63, 3.8) is 0 Å². The van der Waals surface area contributed by atoms with E-state index < -0.39 is 10.8 Å². The summed E-state index contributed by atoms with van der Waals surface area (Å²) < 4.78 is 11.8. The molecular formula is C20H26O4S. The average molecular weight is 362 g/mol. The number of hydrogen-bond acceptors (Lipinski definition) is 5. The molecule has 0 aliphatic rings. The Hall–Kier alpha value is -1.88. The molecule has 0 saturated carbocycles. The maximum atomic E-state index is 12.6. The van der Waals surface area contributed by atoms with E-state index in [4.69, 9.17) is 9.47 Å². The largest absolute Gasteiger partial charge is 0.497 e. The number of hydrogen-bond donors (Lipinski definition) is 0. The molecule has 0 aliphatic heterocycles. The van der Waals surface area contributed by atoms with Crippen LogP contribution in [0.2, 0.25) is 0 Å².